The van der Waals surface area contributed by atoms with Crippen LogP contribution in [0.25, 0.3) is 0 Å². The van der Waals surface area contributed by atoms with Crippen LogP contribution >= 0.6 is 0 Å². The van der Waals surface area contributed by atoms with Crippen LogP contribution in [0.3, 0.4) is 0 Å². The molecule has 1 aromatic carbocycles. The Kier molecular flexibility index (Phi) is 14.5. The second-order valence-electron chi connectivity index (χ2n) is 8.42. The average molecular weight is 439 g/mol. The molecule has 0 radical (unpaired) electrons. The van der Waals surface area contributed by atoms with Crippen LogP contribution in [0.4, 0.5) is 0 Å². The van der Waals surface area contributed by atoms with Gasteiger partial charge in [-0.25, -0.2) is 0 Å². The van der Waals surface area contributed by atoms with Crippen LogP contribution in [0.15, 0.2) is 29.2 Å². The van der Waals surface area contributed by atoms with E-state index in [0.717, 1.165) is 18.4 Å². The van der Waals surface area contributed by atoms with Gasteiger partial charge in [-0.3, -0.25) is 4.79 Å². The van der Waals surface area contributed by atoms with Gasteiger partial charge in [-0.2, -0.15) is 8.42 Å². The van der Waals surface area contributed by atoms with Crippen molar-refractivity contribution in [1.82, 2.24) is 0 Å². The van der Waals surface area contributed by atoms with Crippen LogP contribution in [-0.2, 0) is 19.1 Å². The highest BCUT2D eigenvalue weighted by Crippen LogP contribution is 2.16. The lowest BCUT2D eigenvalue weighted by molar-refractivity contribution is -0.133. The van der Waals surface area contributed by atoms with Crippen molar-refractivity contribution in [2.24, 2.45) is 0 Å². The lowest BCUT2D eigenvalue weighted by Gasteiger charge is -2.06. The standard InChI is InChI=1S/C25H42O4S/c1-3-4-5-6-7-8-9-10-11-12-13-14-15-16-17-18-25(26)29-30(27,28)24-21-19-23(2)20-22-24/h19-22H,3-18H2,1-2H3. The zero-order valence-corrected chi connectivity index (χ0v) is 20.0. The normalized spacial score (nSPS) is 11.5. The van der Waals surface area contributed by atoms with E-state index in [1.165, 1.54) is 89.2 Å². The quantitative estimate of drug-likeness (QED) is 0.176. The van der Waals surface area contributed by atoms with Gasteiger partial charge in [-0.15, -0.1) is 0 Å². The van der Waals surface area contributed by atoms with Crippen LogP contribution in [0.5, 0.6) is 0 Å². The maximum Gasteiger partial charge on any atom is 0.341 e. The molecule has 0 N–H and O–H groups in total. The molecule has 1 aromatic rings. The molecule has 0 bridgehead atoms. The van der Waals surface area contributed by atoms with E-state index in [1.54, 1.807) is 12.1 Å². The average Bonchev–Trinajstić information content (AvgIpc) is 2.71. The highest BCUT2D eigenvalue weighted by molar-refractivity contribution is 7.87. The Hall–Kier alpha value is -1.36. The minimum Gasteiger partial charge on any atom is -0.342 e. The second-order valence-corrected chi connectivity index (χ2v) is 9.97. The van der Waals surface area contributed by atoms with Gasteiger partial charge in [0.1, 0.15) is 4.90 Å². The maximum absolute atomic E-state index is 12.1. The van der Waals surface area contributed by atoms with Crippen molar-refractivity contribution in [3.05, 3.63) is 29.8 Å². The van der Waals surface area contributed by atoms with Crippen molar-refractivity contribution in [3.8, 4) is 0 Å². The summed E-state index contributed by atoms with van der Waals surface area (Å²) in [6.07, 6.45) is 19.0. The molecule has 0 aliphatic heterocycles. The number of carbonyl (C=O) groups excluding carboxylic acids is 1. The van der Waals surface area contributed by atoms with Crippen molar-refractivity contribution in [3.63, 3.8) is 0 Å². The number of aryl methyl sites for hydroxylation is 1. The van der Waals surface area contributed by atoms with Crippen LogP contribution in [-0.4, -0.2) is 14.4 Å². The molecule has 0 saturated carbocycles. The first-order chi connectivity index (χ1) is 14.5. The molecule has 30 heavy (non-hydrogen) atoms. The van der Waals surface area contributed by atoms with E-state index in [2.05, 4.69) is 6.92 Å². The first-order valence-corrected chi connectivity index (χ1v) is 13.4. The Labute approximate surface area is 184 Å². The third-order valence-corrected chi connectivity index (χ3v) is 6.75. The fourth-order valence-electron chi connectivity index (χ4n) is 3.56. The van der Waals surface area contributed by atoms with Gasteiger partial charge in [-0.1, -0.05) is 115 Å². The molecule has 0 aliphatic carbocycles. The number of hydrogen-bond donors (Lipinski definition) is 0. The summed E-state index contributed by atoms with van der Waals surface area (Å²) in [5.74, 6) is -0.662. The molecule has 0 unspecified atom stereocenters. The lowest BCUT2D eigenvalue weighted by Crippen LogP contribution is -2.13. The summed E-state index contributed by atoms with van der Waals surface area (Å²) in [7, 11) is -4.00. The summed E-state index contributed by atoms with van der Waals surface area (Å²) in [5.41, 5.74) is 0.957. The van der Waals surface area contributed by atoms with E-state index in [1.807, 2.05) is 6.92 Å². The van der Waals surface area contributed by atoms with E-state index in [9.17, 15) is 13.2 Å². The monoisotopic (exact) mass is 438 g/mol. The smallest absolute Gasteiger partial charge is 0.341 e. The summed E-state index contributed by atoms with van der Waals surface area (Å²) in [4.78, 5) is 11.9. The third-order valence-electron chi connectivity index (χ3n) is 5.50. The van der Waals surface area contributed by atoms with Gasteiger partial charge >= 0.3 is 16.1 Å². The van der Waals surface area contributed by atoms with Crippen LogP contribution in [0.1, 0.15) is 115 Å². The van der Waals surface area contributed by atoms with Crippen LogP contribution in [0, 0.1) is 6.92 Å². The molecule has 0 aromatic heterocycles. The van der Waals surface area contributed by atoms with Gasteiger partial charge in [-0.05, 0) is 25.5 Å². The van der Waals surface area contributed by atoms with Crippen molar-refractivity contribution in [2.45, 2.75) is 121 Å². The molecular formula is C25H42O4S. The Balaban J connectivity index is 1.95. The molecular weight excluding hydrogens is 396 g/mol. The highest BCUT2D eigenvalue weighted by atomic mass is 32.2. The van der Waals surface area contributed by atoms with E-state index in [0.29, 0.717) is 6.42 Å². The van der Waals surface area contributed by atoms with E-state index < -0.39 is 16.1 Å². The fraction of sp³-hybridized carbons (Fsp3) is 0.720. The summed E-state index contributed by atoms with van der Waals surface area (Å²) in [5, 5.41) is 0. The number of unbranched alkanes of at least 4 members (excludes halogenated alkanes) is 14. The topological polar surface area (TPSA) is 60.4 Å². The van der Waals surface area contributed by atoms with Crippen molar-refractivity contribution < 1.29 is 17.4 Å². The van der Waals surface area contributed by atoms with Crippen molar-refractivity contribution in [2.75, 3.05) is 0 Å². The Morgan fingerprint density at radius 1 is 0.700 bits per heavy atom. The first kappa shape index (κ1) is 26.7. The van der Waals surface area contributed by atoms with E-state index >= 15 is 0 Å². The summed E-state index contributed by atoms with van der Waals surface area (Å²) in [6, 6.07) is 6.31. The van der Waals surface area contributed by atoms with Crippen LogP contribution < -0.4 is 0 Å². The maximum atomic E-state index is 12.1. The third kappa shape index (κ3) is 13.0. The highest BCUT2D eigenvalue weighted by Gasteiger charge is 2.19. The van der Waals surface area contributed by atoms with Gasteiger partial charge in [0.2, 0.25) is 0 Å². The van der Waals surface area contributed by atoms with Crippen molar-refractivity contribution >= 4 is 16.1 Å². The molecule has 0 atom stereocenters. The molecule has 0 spiro atoms. The molecule has 0 saturated heterocycles. The molecule has 1 rings (SSSR count). The second kappa shape index (κ2) is 16.3. The number of rotatable bonds is 18. The molecule has 0 heterocycles. The fourth-order valence-corrected chi connectivity index (χ4v) is 4.45. The Morgan fingerprint density at radius 3 is 1.53 bits per heavy atom. The molecule has 5 heteroatoms. The molecule has 0 aliphatic rings. The summed E-state index contributed by atoms with van der Waals surface area (Å²) in [6.45, 7) is 4.13. The predicted molar refractivity (Wildman–Crippen MR) is 124 cm³/mol. The molecule has 0 amide bonds. The minimum atomic E-state index is -4.00. The summed E-state index contributed by atoms with van der Waals surface area (Å²) >= 11 is 0. The van der Waals surface area contributed by atoms with Gasteiger partial charge in [0, 0.05) is 6.42 Å². The lowest BCUT2D eigenvalue weighted by atomic mass is 10.0. The van der Waals surface area contributed by atoms with Gasteiger partial charge in [0.05, 0.1) is 0 Å². The largest absolute Gasteiger partial charge is 0.342 e. The van der Waals surface area contributed by atoms with Gasteiger partial charge in [0.15, 0.2) is 0 Å². The molecule has 172 valence electrons. The Morgan fingerprint density at radius 2 is 1.10 bits per heavy atom. The number of carbonyl (C=O) groups is 1. The first-order valence-electron chi connectivity index (χ1n) is 12.0. The van der Waals surface area contributed by atoms with E-state index in [4.69, 9.17) is 4.18 Å². The molecule has 4 nitrogen and oxygen atoms in total. The van der Waals surface area contributed by atoms with Gasteiger partial charge in [0.25, 0.3) is 0 Å². The minimum absolute atomic E-state index is 0.0259. The van der Waals surface area contributed by atoms with Crippen molar-refractivity contribution in [1.29, 1.82) is 0 Å². The van der Waals surface area contributed by atoms with Crippen LogP contribution in [0.2, 0.25) is 0 Å². The zero-order valence-electron chi connectivity index (χ0n) is 19.2. The zero-order chi connectivity index (χ0) is 22.1. The SMILES string of the molecule is CCCCCCCCCCCCCCCCCC(=O)OS(=O)(=O)c1ccc(C)cc1. The number of benzene rings is 1. The van der Waals surface area contributed by atoms with Gasteiger partial charge < -0.3 is 4.18 Å². The Bertz CT molecular complexity index is 665. The van der Waals surface area contributed by atoms with E-state index in [-0.39, 0.29) is 11.3 Å². The molecule has 0 fully saturated rings. The summed E-state index contributed by atoms with van der Waals surface area (Å²) < 4.78 is 28.9. The number of hydrogen-bond acceptors (Lipinski definition) is 4. The predicted octanol–water partition coefficient (Wildman–Crippen LogP) is 7.49.